The molecule has 1 aliphatic carbocycles. The van der Waals surface area contributed by atoms with E-state index < -0.39 is 5.41 Å². The number of H-pyrrole nitrogens is 1. The molecule has 9 nitrogen and oxygen atoms in total. The highest BCUT2D eigenvalue weighted by atomic mass is 16.5. The van der Waals surface area contributed by atoms with Gasteiger partial charge in [0, 0.05) is 29.8 Å². The van der Waals surface area contributed by atoms with Crippen LogP contribution in [0.3, 0.4) is 0 Å². The number of ether oxygens (including phenoxy) is 1. The van der Waals surface area contributed by atoms with E-state index in [1.54, 1.807) is 0 Å². The van der Waals surface area contributed by atoms with Gasteiger partial charge in [0.25, 0.3) is 5.56 Å². The Bertz CT molecular complexity index is 1600. The smallest absolute Gasteiger partial charge is 0.314 e. The van der Waals surface area contributed by atoms with E-state index in [1.165, 1.54) is 0 Å². The third kappa shape index (κ3) is 5.45. The Morgan fingerprint density at radius 2 is 1.79 bits per heavy atom. The number of fused-ring (bicyclic) bond motifs is 1. The Kier molecular flexibility index (Phi) is 8.58. The van der Waals surface area contributed by atoms with E-state index in [2.05, 4.69) is 62.6 Å². The minimum atomic E-state index is -0.547. The third-order valence-electron chi connectivity index (χ3n) is 9.51. The van der Waals surface area contributed by atoms with Gasteiger partial charge in [0.05, 0.1) is 18.1 Å². The van der Waals surface area contributed by atoms with Gasteiger partial charge in [-0.15, -0.1) is 10.2 Å². The van der Waals surface area contributed by atoms with E-state index in [0.29, 0.717) is 25.4 Å². The normalized spacial score (nSPS) is 17.6. The van der Waals surface area contributed by atoms with Crippen molar-refractivity contribution in [3.8, 4) is 22.5 Å². The Morgan fingerprint density at radius 3 is 2.49 bits per heavy atom. The first-order chi connectivity index (χ1) is 21.1. The highest BCUT2D eigenvalue weighted by Crippen LogP contribution is 2.51. The van der Waals surface area contributed by atoms with Crippen molar-refractivity contribution in [1.29, 1.82) is 0 Å². The number of unbranched alkanes of at least 4 members (excludes halogenated alkanes) is 2. The highest BCUT2D eigenvalue weighted by molar-refractivity contribution is 5.80. The van der Waals surface area contributed by atoms with E-state index in [-0.39, 0.29) is 17.6 Å². The van der Waals surface area contributed by atoms with E-state index >= 15 is 0 Å². The Balaban J connectivity index is 1.37. The molecular formula is C34H42N6O3. The lowest BCUT2D eigenvalue weighted by Crippen LogP contribution is -2.44. The molecule has 1 fully saturated rings. The molecule has 9 heteroatoms. The summed E-state index contributed by atoms with van der Waals surface area (Å²) in [5.74, 6) is 0.478. The van der Waals surface area contributed by atoms with Gasteiger partial charge in [-0.3, -0.25) is 14.3 Å². The zero-order valence-corrected chi connectivity index (χ0v) is 25.3. The summed E-state index contributed by atoms with van der Waals surface area (Å²) in [5.41, 5.74) is 5.63. The first-order valence-corrected chi connectivity index (χ1v) is 16.0. The molecule has 0 spiro atoms. The fourth-order valence-electron chi connectivity index (χ4n) is 7.45. The topological polar surface area (TPSA) is 108 Å². The maximum atomic E-state index is 14.1. The van der Waals surface area contributed by atoms with Crippen LogP contribution in [0.25, 0.3) is 22.5 Å². The molecule has 43 heavy (non-hydrogen) atoms. The number of benzene rings is 2. The second-order valence-corrected chi connectivity index (χ2v) is 12.1. The monoisotopic (exact) mass is 582 g/mol. The molecule has 4 aromatic rings. The zero-order valence-electron chi connectivity index (χ0n) is 25.3. The fraction of sp³-hybridized carbons (Fsp3) is 0.500. The Morgan fingerprint density at radius 1 is 1.02 bits per heavy atom. The maximum absolute atomic E-state index is 14.1. The van der Waals surface area contributed by atoms with Gasteiger partial charge >= 0.3 is 5.97 Å². The van der Waals surface area contributed by atoms with Crippen LogP contribution in [0.1, 0.15) is 94.5 Å². The molecule has 6 rings (SSSR count). The van der Waals surface area contributed by atoms with Gasteiger partial charge in [-0.25, -0.2) is 4.68 Å². The number of nitrogens with one attached hydrogen (secondary N) is 1. The SMILES string of the molecule is CCCCCc1c(Cc2ccc(-c3ccccc3-c3nn[nH]n3)cc2)c(=O)n2n1C(C1(C(=O)OCC)CCCC1)CCC2. The summed E-state index contributed by atoms with van der Waals surface area (Å²) in [6, 6.07) is 16.4. The van der Waals surface area contributed by atoms with Crippen molar-refractivity contribution < 1.29 is 9.53 Å². The van der Waals surface area contributed by atoms with Crippen molar-refractivity contribution in [3.05, 3.63) is 75.7 Å². The predicted molar refractivity (Wildman–Crippen MR) is 166 cm³/mol. The number of nitrogens with zero attached hydrogens (tertiary/aromatic N) is 5. The lowest BCUT2D eigenvalue weighted by Gasteiger charge is -2.40. The van der Waals surface area contributed by atoms with Gasteiger partial charge in [0.2, 0.25) is 5.82 Å². The van der Waals surface area contributed by atoms with Gasteiger partial charge in [-0.05, 0) is 67.4 Å². The van der Waals surface area contributed by atoms with Gasteiger partial charge in [0.1, 0.15) is 0 Å². The van der Waals surface area contributed by atoms with E-state index in [4.69, 9.17) is 4.74 Å². The molecule has 2 aromatic carbocycles. The molecule has 0 radical (unpaired) electrons. The van der Waals surface area contributed by atoms with Crippen LogP contribution >= 0.6 is 0 Å². The first-order valence-electron chi connectivity index (χ1n) is 16.0. The van der Waals surface area contributed by atoms with Crippen LogP contribution in [0.2, 0.25) is 0 Å². The Labute approximate surface area is 252 Å². The van der Waals surface area contributed by atoms with Crippen molar-refractivity contribution in [2.75, 3.05) is 6.61 Å². The molecule has 0 saturated heterocycles. The molecule has 226 valence electrons. The Hall–Kier alpha value is -4.01. The number of carbonyl (C=O) groups is 1. The molecule has 1 saturated carbocycles. The predicted octanol–water partition coefficient (Wildman–Crippen LogP) is 6.28. The average Bonchev–Trinajstić information content (AvgIpc) is 3.80. The van der Waals surface area contributed by atoms with Crippen LogP contribution in [-0.2, 0) is 28.9 Å². The molecule has 0 bridgehead atoms. The number of carbonyl (C=O) groups excluding carboxylic acids is 1. The standard InChI is InChI=1S/C34H42N6O3/c1-3-5-6-14-29-28(23-24-16-18-25(19-17-24)26-12-7-8-13-27(26)31-35-37-38-36-31)32(41)39-22-11-15-30(40(29)39)34(20-9-10-21-34)33(42)43-4-2/h7-8,12-13,16-19,30H,3-6,9-11,14-15,20-23H2,1-2H3,(H,35,36,37,38). The first kappa shape index (κ1) is 29.1. The second kappa shape index (κ2) is 12.7. The maximum Gasteiger partial charge on any atom is 0.314 e. The van der Waals surface area contributed by atoms with Crippen LogP contribution in [0.4, 0.5) is 0 Å². The lowest BCUT2D eigenvalue weighted by atomic mass is 9.75. The average molecular weight is 583 g/mol. The summed E-state index contributed by atoms with van der Waals surface area (Å²) in [7, 11) is 0. The number of esters is 1. The molecule has 1 unspecified atom stereocenters. The van der Waals surface area contributed by atoms with E-state index in [1.807, 2.05) is 29.8 Å². The summed E-state index contributed by atoms with van der Waals surface area (Å²) in [4.78, 5) is 27.6. The molecule has 0 amide bonds. The molecule has 3 heterocycles. The quantitative estimate of drug-likeness (QED) is 0.165. The van der Waals surface area contributed by atoms with Crippen LogP contribution in [0, 0.1) is 5.41 Å². The minimum Gasteiger partial charge on any atom is -0.466 e. The van der Waals surface area contributed by atoms with Crippen molar-refractivity contribution in [3.63, 3.8) is 0 Å². The number of rotatable bonds is 11. The van der Waals surface area contributed by atoms with Crippen molar-refractivity contribution in [1.82, 2.24) is 30.0 Å². The lowest BCUT2D eigenvalue weighted by molar-refractivity contribution is -0.159. The van der Waals surface area contributed by atoms with Crippen molar-refractivity contribution >= 4 is 5.97 Å². The second-order valence-electron chi connectivity index (χ2n) is 12.1. The summed E-state index contributed by atoms with van der Waals surface area (Å²) < 4.78 is 9.93. The zero-order chi connectivity index (χ0) is 29.8. The molecular weight excluding hydrogens is 540 g/mol. The molecule has 1 N–H and O–H groups in total. The van der Waals surface area contributed by atoms with Crippen molar-refractivity contribution in [2.45, 2.75) is 97.1 Å². The number of aromatic amines is 1. The summed E-state index contributed by atoms with van der Waals surface area (Å²) >= 11 is 0. The fourth-order valence-corrected chi connectivity index (χ4v) is 7.45. The highest BCUT2D eigenvalue weighted by Gasteiger charge is 2.51. The molecule has 1 atom stereocenters. The van der Waals surface area contributed by atoms with E-state index in [9.17, 15) is 9.59 Å². The molecule has 2 aliphatic rings. The third-order valence-corrected chi connectivity index (χ3v) is 9.51. The van der Waals surface area contributed by atoms with Crippen LogP contribution < -0.4 is 5.56 Å². The van der Waals surface area contributed by atoms with Gasteiger partial charge < -0.3 is 4.74 Å². The van der Waals surface area contributed by atoms with Gasteiger partial charge in [0.15, 0.2) is 0 Å². The van der Waals surface area contributed by atoms with Crippen LogP contribution in [0.15, 0.2) is 53.3 Å². The van der Waals surface area contributed by atoms with Crippen LogP contribution in [-0.4, -0.2) is 42.6 Å². The largest absolute Gasteiger partial charge is 0.466 e. The summed E-state index contributed by atoms with van der Waals surface area (Å²) in [6.07, 6.45) is 10.2. The van der Waals surface area contributed by atoms with Gasteiger partial charge in [-0.2, -0.15) is 5.21 Å². The number of tetrazole rings is 1. The van der Waals surface area contributed by atoms with E-state index in [0.717, 1.165) is 97.7 Å². The summed E-state index contributed by atoms with van der Waals surface area (Å²) in [5, 5.41) is 14.6. The summed E-state index contributed by atoms with van der Waals surface area (Å²) in [6.45, 7) is 5.17. The van der Waals surface area contributed by atoms with Crippen LogP contribution in [0.5, 0.6) is 0 Å². The number of aromatic nitrogens is 6. The van der Waals surface area contributed by atoms with Crippen molar-refractivity contribution in [2.24, 2.45) is 5.41 Å². The molecule has 1 aliphatic heterocycles. The number of hydrogen-bond donors (Lipinski definition) is 1. The molecule has 2 aromatic heterocycles. The minimum absolute atomic E-state index is 0.0371. The number of hydrogen-bond acceptors (Lipinski definition) is 6. The van der Waals surface area contributed by atoms with Gasteiger partial charge in [-0.1, -0.05) is 81.1 Å².